The van der Waals surface area contributed by atoms with E-state index in [1.807, 2.05) is 24.4 Å². The summed E-state index contributed by atoms with van der Waals surface area (Å²) in [5.74, 6) is 1.54. The number of likely N-dealkylation sites (N-methyl/N-ethyl adjacent to an activating group) is 1. The van der Waals surface area contributed by atoms with Gasteiger partial charge in [0.15, 0.2) is 11.5 Å². The molecule has 112 valence electrons. The van der Waals surface area contributed by atoms with Crippen molar-refractivity contribution >= 4 is 0 Å². The fourth-order valence-corrected chi connectivity index (χ4v) is 2.48. The normalized spacial score (nSPS) is 12.0. The van der Waals surface area contributed by atoms with E-state index in [2.05, 4.69) is 29.4 Å². The molecule has 0 aliphatic carbocycles. The van der Waals surface area contributed by atoms with Crippen LogP contribution in [0.4, 0.5) is 0 Å². The van der Waals surface area contributed by atoms with E-state index < -0.39 is 0 Å². The Morgan fingerprint density at radius 1 is 1.14 bits per heavy atom. The molecule has 0 aliphatic rings. The highest BCUT2D eigenvalue weighted by atomic mass is 16.5. The molecule has 1 aromatic heterocycles. The van der Waals surface area contributed by atoms with Gasteiger partial charge in [0, 0.05) is 24.0 Å². The average molecular weight is 286 g/mol. The Balaban J connectivity index is 2.34. The van der Waals surface area contributed by atoms with E-state index in [9.17, 15) is 0 Å². The van der Waals surface area contributed by atoms with Crippen molar-refractivity contribution < 1.29 is 9.47 Å². The zero-order valence-electron chi connectivity index (χ0n) is 12.8. The highest BCUT2D eigenvalue weighted by Crippen LogP contribution is 2.35. The first-order valence-corrected chi connectivity index (χ1v) is 7.13. The third-order valence-electron chi connectivity index (χ3n) is 3.42. The van der Waals surface area contributed by atoms with Crippen LogP contribution in [-0.4, -0.2) is 25.7 Å². The predicted octanol–water partition coefficient (Wildman–Crippen LogP) is 2.99. The minimum atomic E-state index is 0.157. The number of benzene rings is 1. The first kappa shape index (κ1) is 15.3. The summed E-state index contributed by atoms with van der Waals surface area (Å²) in [7, 11) is 3.33. The molecule has 1 aromatic carbocycles. The standard InChI is InChI=1S/C17H22N2O2/c1-4-19-15(11-13-7-6-10-18-12-13)14-8-5-9-16(20-2)17(14)21-3/h5-10,12,15,19H,4,11H2,1-3H3. The average Bonchev–Trinajstić information content (AvgIpc) is 2.54. The summed E-state index contributed by atoms with van der Waals surface area (Å²) in [5, 5.41) is 3.51. The number of nitrogens with one attached hydrogen (secondary N) is 1. The van der Waals surface area contributed by atoms with Crippen LogP contribution >= 0.6 is 0 Å². The van der Waals surface area contributed by atoms with E-state index in [4.69, 9.17) is 9.47 Å². The maximum atomic E-state index is 5.55. The molecule has 2 rings (SSSR count). The number of hydrogen-bond donors (Lipinski definition) is 1. The Labute approximate surface area is 126 Å². The summed E-state index contributed by atoms with van der Waals surface area (Å²) >= 11 is 0. The number of rotatable bonds is 7. The van der Waals surface area contributed by atoms with E-state index in [1.165, 1.54) is 5.56 Å². The van der Waals surface area contributed by atoms with Crippen molar-refractivity contribution in [3.63, 3.8) is 0 Å². The lowest BCUT2D eigenvalue weighted by molar-refractivity contribution is 0.346. The molecule has 0 amide bonds. The van der Waals surface area contributed by atoms with Gasteiger partial charge in [-0.25, -0.2) is 0 Å². The Morgan fingerprint density at radius 2 is 2.00 bits per heavy atom. The minimum Gasteiger partial charge on any atom is -0.493 e. The second-order valence-corrected chi connectivity index (χ2v) is 4.76. The summed E-state index contributed by atoms with van der Waals surface area (Å²) in [6, 6.07) is 10.2. The minimum absolute atomic E-state index is 0.157. The molecule has 4 nitrogen and oxygen atoms in total. The van der Waals surface area contributed by atoms with E-state index in [0.29, 0.717) is 0 Å². The summed E-state index contributed by atoms with van der Waals surface area (Å²) in [4.78, 5) is 4.18. The molecule has 2 aromatic rings. The molecule has 4 heteroatoms. The van der Waals surface area contributed by atoms with Gasteiger partial charge in [-0.2, -0.15) is 0 Å². The van der Waals surface area contributed by atoms with E-state index in [-0.39, 0.29) is 6.04 Å². The smallest absolute Gasteiger partial charge is 0.165 e. The molecular formula is C17H22N2O2. The largest absolute Gasteiger partial charge is 0.493 e. The van der Waals surface area contributed by atoms with Gasteiger partial charge < -0.3 is 14.8 Å². The number of hydrogen-bond acceptors (Lipinski definition) is 4. The Hall–Kier alpha value is -2.07. The number of para-hydroxylation sites is 1. The van der Waals surface area contributed by atoms with Crippen molar-refractivity contribution in [3.05, 3.63) is 53.9 Å². The summed E-state index contributed by atoms with van der Waals surface area (Å²) < 4.78 is 10.9. The summed E-state index contributed by atoms with van der Waals surface area (Å²) in [6.45, 7) is 2.98. The first-order valence-electron chi connectivity index (χ1n) is 7.13. The molecule has 1 heterocycles. The Bertz CT molecular complexity index is 558. The maximum Gasteiger partial charge on any atom is 0.165 e. The lowest BCUT2D eigenvalue weighted by atomic mass is 9.98. The highest BCUT2D eigenvalue weighted by molar-refractivity contribution is 5.48. The van der Waals surface area contributed by atoms with Crippen LogP contribution < -0.4 is 14.8 Å². The molecule has 0 fully saturated rings. The highest BCUT2D eigenvalue weighted by Gasteiger charge is 2.18. The lowest BCUT2D eigenvalue weighted by Gasteiger charge is -2.22. The second-order valence-electron chi connectivity index (χ2n) is 4.76. The maximum absolute atomic E-state index is 5.55. The van der Waals surface area contributed by atoms with Crippen LogP contribution in [0.15, 0.2) is 42.7 Å². The van der Waals surface area contributed by atoms with Gasteiger partial charge in [-0.15, -0.1) is 0 Å². The molecular weight excluding hydrogens is 264 g/mol. The zero-order chi connectivity index (χ0) is 15.1. The van der Waals surface area contributed by atoms with Crippen LogP contribution in [0, 0.1) is 0 Å². The van der Waals surface area contributed by atoms with Crippen molar-refractivity contribution in [3.8, 4) is 11.5 Å². The topological polar surface area (TPSA) is 43.4 Å². The lowest BCUT2D eigenvalue weighted by Crippen LogP contribution is -2.23. The van der Waals surface area contributed by atoms with Crippen LogP contribution in [0.2, 0.25) is 0 Å². The number of methoxy groups -OCH3 is 2. The van der Waals surface area contributed by atoms with Gasteiger partial charge in [-0.1, -0.05) is 25.1 Å². The summed E-state index contributed by atoms with van der Waals surface area (Å²) in [6.07, 6.45) is 4.54. The second kappa shape index (κ2) is 7.64. The van der Waals surface area contributed by atoms with Gasteiger partial charge in [-0.05, 0) is 30.7 Å². The number of ether oxygens (including phenoxy) is 2. The monoisotopic (exact) mass is 286 g/mol. The molecule has 1 atom stereocenters. The number of nitrogens with zero attached hydrogens (tertiary/aromatic N) is 1. The zero-order valence-corrected chi connectivity index (χ0v) is 12.8. The molecule has 0 spiro atoms. The molecule has 0 aliphatic heterocycles. The van der Waals surface area contributed by atoms with E-state index in [0.717, 1.165) is 30.0 Å². The van der Waals surface area contributed by atoms with Crippen molar-refractivity contribution in [1.82, 2.24) is 10.3 Å². The van der Waals surface area contributed by atoms with Crippen LogP contribution in [-0.2, 0) is 6.42 Å². The molecule has 0 radical (unpaired) electrons. The molecule has 0 saturated carbocycles. The first-order chi connectivity index (χ1) is 10.3. The van der Waals surface area contributed by atoms with Crippen LogP contribution in [0.1, 0.15) is 24.1 Å². The quantitative estimate of drug-likeness (QED) is 0.849. The fourth-order valence-electron chi connectivity index (χ4n) is 2.48. The van der Waals surface area contributed by atoms with Crippen LogP contribution in [0.3, 0.4) is 0 Å². The van der Waals surface area contributed by atoms with Gasteiger partial charge in [-0.3, -0.25) is 4.98 Å². The van der Waals surface area contributed by atoms with Gasteiger partial charge in [0.1, 0.15) is 0 Å². The van der Waals surface area contributed by atoms with Crippen LogP contribution in [0.25, 0.3) is 0 Å². The fraction of sp³-hybridized carbons (Fsp3) is 0.353. The van der Waals surface area contributed by atoms with E-state index >= 15 is 0 Å². The van der Waals surface area contributed by atoms with Gasteiger partial charge in [0.25, 0.3) is 0 Å². The van der Waals surface area contributed by atoms with Crippen molar-refractivity contribution in [1.29, 1.82) is 0 Å². The van der Waals surface area contributed by atoms with Gasteiger partial charge >= 0.3 is 0 Å². The van der Waals surface area contributed by atoms with Crippen molar-refractivity contribution in [2.75, 3.05) is 20.8 Å². The molecule has 21 heavy (non-hydrogen) atoms. The third kappa shape index (κ3) is 3.73. The van der Waals surface area contributed by atoms with Crippen molar-refractivity contribution in [2.45, 2.75) is 19.4 Å². The number of aromatic nitrogens is 1. The molecule has 1 N–H and O–H groups in total. The Kier molecular flexibility index (Phi) is 5.58. The van der Waals surface area contributed by atoms with E-state index in [1.54, 1.807) is 20.4 Å². The Morgan fingerprint density at radius 3 is 2.62 bits per heavy atom. The SMILES string of the molecule is CCNC(Cc1cccnc1)c1cccc(OC)c1OC. The molecule has 1 unspecified atom stereocenters. The molecule has 0 bridgehead atoms. The van der Waals surface area contributed by atoms with Crippen molar-refractivity contribution in [2.24, 2.45) is 0 Å². The third-order valence-corrected chi connectivity index (χ3v) is 3.42. The number of pyridine rings is 1. The van der Waals surface area contributed by atoms with Gasteiger partial charge in [0.05, 0.1) is 14.2 Å². The van der Waals surface area contributed by atoms with Crippen LogP contribution in [0.5, 0.6) is 11.5 Å². The predicted molar refractivity (Wildman–Crippen MR) is 83.9 cm³/mol. The summed E-state index contributed by atoms with van der Waals surface area (Å²) in [5.41, 5.74) is 2.29. The van der Waals surface area contributed by atoms with Gasteiger partial charge in [0.2, 0.25) is 0 Å². The molecule has 0 saturated heterocycles.